The summed E-state index contributed by atoms with van der Waals surface area (Å²) in [6.45, 7) is 0.475. The standard InChI is InChI=1S/C24H21ClN4O3/c25-17-6-4-16(5-7-17)20(14-24(30)27-12-10-18-3-1-2-11-26-18)22-15-28-23-9-8-19(29(31)32)13-21(22)23/h1-9,11,13,15,20,28H,10,12,14H2,(H,27,30)/t20-/m0/s1. The molecular weight excluding hydrogens is 428 g/mol. The zero-order valence-electron chi connectivity index (χ0n) is 17.1. The van der Waals surface area contributed by atoms with Gasteiger partial charge in [-0.1, -0.05) is 29.8 Å². The number of halogens is 1. The zero-order valence-corrected chi connectivity index (χ0v) is 17.9. The van der Waals surface area contributed by atoms with Gasteiger partial charge >= 0.3 is 0 Å². The zero-order chi connectivity index (χ0) is 22.5. The lowest BCUT2D eigenvalue weighted by molar-refractivity contribution is -0.384. The summed E-state index contributed by atoms with van der Waals surface area (Å²) in [4.78, 5) is 31.1. The van der Waals surface area contributed by atoms with Crippen LogP contribution in [0.4, 0.5) is 5.69 Å². The molecule has 0 saturated heterocycles. The number of hydrogen-bond acceptors (Lipinski definition) is 4. The first-order chi connectivity index (χ1) is 15.5. The Balaban J connectivity index is 1.59. The van der Waals surface area contributed by atoms with Crippen molar-refractivity contribution in [1.29, 1.82) is 0 Å². The maximum Gasteiger partial charge on any atom is 0.270 e. The van der Waals surface area contributed by atoms with E-state index in [1.54, 1.807) is 30.5 Å². The highest BCUT2D eigenvalue weighted by Gasteiger charge is 2.22. The number of nitro groups is 1. The van der Waals surface area contributed by atoms with E-state index in [0.29, 0.717) is 18.0 Å². The average molecular weight is 449 g/mol. The Bertz CT molecular complexity index is 1240. The number of rotatable bonds is 8. The van der Waals surface area contributed by atoms with Crippen molar-refractivity contribution in [3.05, 3.63) is 105 Å². The van der Waals surface area contributed by atoms with Crippen LogP contribution in [0.1, 0.15) is 29.2 Å². The molecule has 0 fully saturated rings. The van der Waals surface area contributed by atoms with E-state index in [1.165, 1.54) is 6.07 Å². The fraction of sp³-hybridized carbons (Fsp3) is 0.167. The Morgan fingerprint density at radius 1 is 1.16 bits per heavy atom. The van der Waals surface area contributed by atoms with Gasteiger partial charge in [-0.25, -0.2) is 0 Å². The Morgan fingerprint density at radius 2 is 1.97 bits per heavy atom. The maximum absolute atomic E-state index is 12.8. The molecule has 8 heteroatoms. The number of pyridine rings is 1. The van der Waals surface area contributed by atoms with Gasteiger partial charge in [-0.3, -0.25) is 19.9 Å². The predicted octanol–water partition coefficient (Wildman–Crippen LogP) is 5.01. The van der Waals surface area contributed by atoms with Crippen molar-refractivity contribution in [1.82, 2.24) is 15.3 Å². The molecule has 2 aromatic carbocycles. The molecule has 0 aliphatic heterocycles. The Labute approximate surface area is 189 Å². The van der Waals surface area contributed by atoms with Gasteiger partial charge in [-0.05, 0) is 41.5 Å². The van der Waals surface area contributed by atoms with Crippen molar-refractivity contribution >= 4 is 34.1 Å². The van der Waals surface area contributed by atoms with Crippen LogP contribution in [0.2, 0.25) is 5.02 Å². The summed E-state index contributed by atoms with van der Waals surface area (Å²) in [5.41, 5.74) is 3.42. The lowest BCUT2D eigenvalue weighted by Gasteiger charge is -2.17. The van der Waals surface area contributed by atoms with E-state index in [2.05, 4.69) is 15.3 Å². The third-order valence-electron chi connectivity index (χ3n) is 5.37. The highest BCUT2D eigenvalue weighted by molar-refractivity contribution is 6.30. The van der Waals surface area contributed by atoms with Crippen molar-refractivity contribution in [2.24, 2.45) is 0 Å². The van der Waals surface area contributed by atoms with Crippen LogP contribution in [-0.2, 0) is 11.2 Å². The number of non-ortho nitro benzene ring substituents is 1. The van der Waals surface area contributed by atoms with Crippen molar-refractivity contribution < 1.29 is 9.72 Å². The van der Waals surface area contributed by atoms with E-state index in [1.807, 2.05) is 36.5 Å². The molecule has 0 radical (unpaired) electrons. The molecule has 1 amide bonds. The number of nitro benzene ring substituents is 1. The molecule has 2 N–H and O–H groups in total. The molecule has 4 aromatic rings. The molecule has 0 saturated carbocycles. The van der Waals surface area contributed by atoms with Gasteiger partial charge in [0.2, 0.25) is 5.91 Å². The quantitative estimate of drug-likeness (QED) is 0.292. The van der Waals surface area contributed by atoms with E-state index >= 15 is 0 Å². The minimum absolute atomic E-state index is 0.00742. The minimum atomic E-state index is -0.419. The molecule has 7 nitrogen and oxygen atoms in total. The number of nitrogens with zero attached hydrogens (tertiary/aromatic N) is 2. The highest BCUT2D eigenvalue weighted by atomic mass is 35.5. The van der Waals surface area contributed by atoms with Gasteiger partial charge in [-0.2, -0.15) is 0 Å². The van der Waals surface area contributed by atoms with Crippen LogP contribution in [0, 0.1) is 10.1 Å². The van der Waals surface area contributed by atoms with Crippen molar-refractivity contribution in [2.45, 2.75) is 18.8 Å². The molecule has 0 bridgehead atoms. The Morgan fingerprint density at radius 3 is 2.69 bits per heavy atom. The summed E-state index contributed by atoms with van der Waals surface area (Å²) >= 11 is 6.06. The number of benzene rings is 2. The lowest BCUT2D eigenvalue weighted by Crippen LogP contribution is -2.27. The van der Waals surface area contributed by atoms with Crippen molar-refractivity contribution in [3.8, 4) is 0 Å². The van der Waals surface area contributed by atoms with Crippen LogP contribution in [0.3, 0.4) is 0 Å². The molecule has 0 aliphatic rings. The van der Waals surface area contributed by atoms with Gasteiger partial charge in [0.25, 0.3) is 5.69 Å². The Hall–Kier alpha value is -3.71. The molecule has 162 valence electrons. The van der Waals surface area contributed by atoms with Gasteiger partial charge < -0.3 is 10.3 Å². The van der Waals surface area contributed by atoms with Crippen LogP contribution in [0.15, 0.2) is 73.1 Å². The van der Waals surface area contributed by atoms with Crippen LogP contribution in [0.25, 0.3) is 10.9 Å². The average Bonchev–Trinajstić information content (AvgIpc) is 3.22. The smallest absolute Gasteiger partial charge is 0.270 e. The van der Waals surface area contributed by atoms with Crippen molar-refractivity contribution in [2.75, 3.05) is 6.54 Å². The molecule has 0 unspecified atom stereocenters. The molecule has 1 atom stereocenters. The number of amides is 1. The summed E-state index contributed by atoms with van der Waals surface area (Å²) in [7, 11) is 0. The summed E-state index contributed by atoms with van der Waals surface area (Å²) < 4.78 is 0. The molecule has 2 aromatic heterocycles. The summed E-state index contributed by atoms with van der Waals surface area (Å²) in [6.07, 6.45) is 4.37. The normalized spacial score (nSPS) is 11.9. The maximum atomic E-state index is 12.8. The highest BCUT2D eigenvalue weighted by Crippen LogP contribution is 2.35. The number of nitrogens with one attached hydrogen (secondary N) is 2. The third kappa shape index (κ3) is 4.95. The third-order valence-corrected chi connectivity index (χ3v) is 5.63. The molecule has 32 heavy (non-hydrogen) atoms. The second-order valence-electron chi connectivity index (χ2n) is 7.46. The topological polar surface area (TPSA) is 101 Å². The number of aromatic nitrogens is 2. The number of aromatic amines is 1. The van der Waals surface area contributed by atoms with Crippen LogP contribution in [0.5, 0.6) is 0 Å². The van der Waals surface area contributed by atoms with Crippen LogP contribution in [-0.4, -0.2) is 27.3 Å². The van der Waals surface area contributed by atoms with Gasteiger partial charge in [0.05, 0.1) is 4.92 Å². The van der Waals surface area contributed by atoms with Gasteiger partial charge in [0, 0.05) is 71.5 Å². The first-order valence-corrected chi connectivity index (χ1v) is 10.6. The monoisotopic (exact) mass is 448 g/mol. The number of H-pyrrole nitrogens is 1. The fourth-order valence-corrected chi connectivity index (χ4v) is 3.89. The minimum Gasteiger partial charge on any atom is -0.361 e. The Kier molecular flexibility index (Phi) is 6.47. The molecule has 2 heterocycles. The first kappa shape index (κ1) is 21.5. The van der Waals surface area contributed by atoms with E-state index in [4.69, 9.17) is 11.6 Å². The van der Waals surface area contributed by atoms with E-state index in [9.17, 15) is 14.9 Å². The fourth-order valence-electron chi connectivity index (χ4n) is 3.77. The van der Waals surface area contributed by atoms with E-state index in [0.717, 1.165) is 27.7 Å². The lowest BCUT2D eigenvalue weighted by atomic mass is 9.88. The van der Waals surface area contributed by atoms with Crippen LogP contribution < -0.4 is 5.32 Å². The van der Waals surface area contributed by atoms with Gasteiger partial charge in [0.1, 0.15) is 0 Å². The number of carbonyl (C=O) groups is 1. The second kappa shape index (κ2) is 9.62. The predicted molar refractivity (Wildman–Crippen MR) is 124 cm³/mol. The van der Waals surface area contributed by atoms with Crippen molar-refractivity contribution in [3.63, 3.8) is 0 Å². The summed E-state index contributed by atoms with van der Waals surface area (Å²) in [6, 6.07) is 17.7. The van der Waals surface area contributed by atoms with Gasteiger partial charge in [-0.15, -0.1) is 0 Å². The second-order valence-corrected chi connectivity index (χ2v) is 7.90. The molecule has 4 rings (SSSR count). The van der Waals surface area contributed by atoms with Gasteiger partial charge in [0.15, 0.2) is 0 Å². The SMILES string of the molecule is O=C(C[C@@H](c1ccc(Cl)cc1)c1c[nH]c2ccc([N+](=O)[O-])cc12)NCCc1ccccn1. The van der Waals surface area contributed by atoms with E-state index in [-0.39, 0.29) is 23.9 Å². The number of carbonyl (C=O) groups excluding carboxylic acids is 1. The number of fused-ring (bicyclic) bond motifs is 1. The molecular formula is C24H21ClN4O3. The largest absolute Gasteiger partial charge is 0.361 e. The van der Waals surface area contributed by atoms with E-state index < -0.39 is 4.92 Å². The van der Waals surface area contributed by atoms with Crippen LogP contribution >= 0.6 is 11.6 Å². The number of hydrogen-bond donors (Lipinski definition) is 2. The first-order valence-electron chi connectivity index (χ1n) is 10.2. The molecule has 0 aliphatic carbocycles. The molecule has 0 spiro atoms. The summed E-state index contributed by atoms with van der Waals surface area (Å²) in [5.74, 6) is -0.404. The summed E-state index contributed by atoms with van der Waals surface area (Å²) in [5, 5.41) is 15.6.